The molecule has 2 aromatic heterocycles. The number of H-pyrrole nitrogens is 2. The van der Waals surface area contributed by atoms with Gasteiger partial charge in [-0.2, -0.15) is 0 Å². The van der Waals surface area contributed by atoms with E-state index in [1.807, 2.05) is 30.3 Å². The Bertz CT molecular complexity index is 1070. The first-order valence-electron chi connectivity index (χ1n) is 8.20. The summed E-state index contributed by atoms with van der Waals surface area (Å²) < 4.78 is 5.78. The molecule has 3 aromatic rings. The Labute approximate surface area is 147 Å². The van der Waals surface area contributed by atoms with Crippen molar-refractivity contribution in [2.24, 2.45) is 0 Å². The maximum atomic E-state index is 12.8. The van der Waals surface area contributed by atoms with Crippen molar-refractivity contribution in [2.45, 2.75) is 6.10 Å². The number of morpholine rings is 1. The highest BCUT2D eigenvalue weighted by atomic mass is 16.5. The highest BCUT2D eigenvalue weighted by Gasteiger charge is 2.26. The molecule has 0 spiro atoms. The number of rotatable bonds is 2. The number of aromatic amines is 2. The van der Waals surface area contributed by atoms with Crippen molar-refractivity contribution in [1.82, 2.24) is 19.9 Å². The summed E-state index contributed by atoms with van der Waals surface area (Å²) in [5, 5.41) is 0.170. The van der Waals surface area contributed by atoms with Crippen molar-refractivity contribution in [3.05, 3.63) is 74.6 Å². The fourth-order valence-corrected chi connectivity index (χ4v) is 3.05. The van der Waals surface area contributed by atoms with Crippen LogP contribution in [0.4, 0.5) is 0 Å². The first-order chi connectivity index (χ1) is 12.6. The summed E-state index contributed by atoms with van der Waals surface area (Å²) in [5.41, 5.74) is 0.252. The molecule has 4 rings (SSSR count). The van der Waals surface area contributed by atoms with E-state index in [1.54, 1.807) is 4.90 Å². The summed E-state index contributed by atoms with van der Waals surface area (Å²) in [6, 6.07) is 11.2. The van der Waals surface area contributed by atoms with Gasteiger partial charge in [-0.25, -0.2) is 9.78 Å². The average molecular weight is 352 g/mol. The Morgan fingerprint density at radius 3 is 2.81 bits per heavy atom. The number of hydrogen-bond acceptors (Lipinski definition) is 5. The number of nitrogens with zero attached hydrogens (tertiary/aromatic N) is 2. The van der Waals surface area contributed by atoms with Gasteiger partial charge in [-0.05, 0) is 11.6 Å². The lowest BCUT2D eigenvalue weighted by molar-refractivity contribution is -0.0228. The topological polar surface area (TPSA) is 108 Å². The Morgan fingerprint density at radius 2 is 2.00 bits per heavy atom. The maximum Gasteiger partial charge on any atom is 0.327 e. The number of nitrogens with one attached hydrogen (secondary N) is 2. The fraction of sp³-hybridized carbons (Fsp3) is 0.222. The van der Waals surface area contributed by atoms with Gasteiger partial charge in [0.15, 0.2) is 0 Å². The van der Waals surface area contributed by atoms with E-state index >= 15 is 0 Å². The summed E-state index contributed by atoms with van der Waals surface area (Å²) in [5.74, 6) is -0.228. The minimum Gasteiger partial charge on any atom is -0.370 e. The van der Waals surface area contributed by atoms with Crippen LogP contribution in [0, 0.1) is 0 Å². The second-order valence-corrected chi connectivity index (χ2v) is 6.05. The molecule has 0 unspecified atom stereocenters. The van der Waals surface area contributed by atoms with Gasteiger partial charge in [0.05, 0.1) is 24.1 Å². The molecule has 1 aliphatic rings. The average Bonchev–Trinajstić information content (AvgIpc) is 2.68. The van der Waals surface area contributed by atoms with Crippen LogP contribution in [0.15, 0.2) is 52.2 Å². The van der Waals surface area contributed by atoms with Crippen molar-refractivity contribution in [3.63, 3.8) is 0 Å². The zero-order valence-electron chi connectivity index (χ0n) is 13.8. The number of carbonyl (C=O) groups excluding carboxylic acids is 1. The van der Waals surface area contributed by atoms with Crippen LogP contribution in [0.5, 0.6) is 0 Å². The normalized spacial score (nSPS) is 17.4. The third-order valence-corrected chi connectivity index (χ3v) is 4.36. The van der Waals surface area contributed by atoms with Crippen molar-refractivity contribution in [3.8, 4) is 0 Å². The van der Waals surface area contributed by atoms with Crippen LogP contribution < -0.4 is 11.2 Å². The minimum atomic E-state index is -0.632. The number of carbonyl (C=O) groups is 1. The molecule has 1 aromatic carbocycles. The number of hydrogen-bond donors (Lipinski definition) is 2. The summed E-state index contributed by atoms with van der Waals surface area (Å²) in [6.45, 7) is 1.31. The lowest BCUT2D eigenvalue weighted by Crippen LogP contribution is -2.42. The summed E-state index contributed by atoms with van der Waals surface area (Å²) in [6.07, 6.45) is 1.18. The van der Waals surface area contributed by atoms with Gasteiger partial charge < -0.3 is 9.64 Å². The van der Waals surface area contributed by atoms with E-state index in [9.17, 15) is 14.4 Å². The van der Waals surface area contributed by atoms with Crippen molar-refractivity contribution < 1.29 is 9.53 Å². The third kappa shape index (κ3) is 3.02. The number of fused-ring (bicyclic) bond motifs is 1. The predicted octanol–water partition coefficient (Wildman–Crippen LogP) is 0.825. The van der Waals surface area contributed by atoms with Gasteiger partial charge in [-0.15, -0.1) is 0 Å². The van der Waals surface area contributed by atoms with E-state index < -0.39 is 11.2 Å². The van der Waals surface area contributed by atoms with Gasteiger partial charge in [0.2, 0.25) is 0 Å². The molecule has 1 atom stereocenters. The molecule has 1 aliphatic heterocycles. The van der Waals surface area contributed by atoms with Gasteiger partial charge >= 0.3 is 5.69 Å². The number of pyridine rings is 1. The summed E-state index contributed by atoms with van der Waals surface area (Å²) in [7, 11) is 0. The van der Waals surface area contributed by atoms with Gasteiger partial charge in [-0.1, -0.05) is 30.3 Å². The van der Waals surface area contributed by atoms with E-state index in [4.69, 9.17) is 4.74 Å². The molecule has 1 fully saturated rings. The van der Waals surface area contributed by atoms with Crippen LogP contribution in [-0.4, -0.2) is 45.5 Å². The van der Waals surface area contributed by atoms with Crippen LogP contribution >= 0.6 is 0 Å². The largest absolute Gasteiger partial charge is 0.370 e. The summed E-state index contributed by atoms with van der Waals surface area (Å²) in [4.78, 5) is 46.4. The molecule has 3 heterocycles. The van der Waals surface area contributed by atoms with Gasteiger partial charge in [-0.3, -0.25) is 19.6 Å². The molecular weight excluding hydrogens is 336 g/mol. The van der Waals surface area contributed by atoms with Crippen LogP contribution in [0.25, 0.3) is 11.0 Å². The summed E-state index contributed by atoms with van der Waals surface area (Å²) >= 11 is 0. The Hall–Kier alpha value is -3.26. The number of aromatic nitrogens is 3. The molecular formula is C18H16N4O4. The first-order valence-corrected chi connectivity index (χ1v) is 8.20. The molecule has 2 N–H and O–H groups in total. The molecule has 8 nitrogen and oxygen atoms in total. The zero-order valence-corrected chi connectivity index (χ0v) is 13.8. The van der Waals surface area contributed by atoms with E-state index in [0.29, 0.717) is 25.3 Å². The van der Waals surface area contributed by atoms with Crippen LogP contribution in [-0.2, 0) is 4.74 Å². The lowest BCUT2D eigenvalue weighted by atomic mass is 10.1. The number of ether oxygens (including phenoxy) is 1. The highest BCUT2D eigenvalue weighted by molar-refractivity contribution is 5.96. The second-order valence-electron chi connectivity index (χ2n) is 6.05. The van der Waals surface area contributed by atoms with Gasteiger partial charge in [0, 0.05) is 12.7 Å². The van der Waals surface area contributed by atoms with Crippen molar-refractivity contribution >= 4 is 16.9 Å². The number of benzene rings is 1. The van der Waals surface area contributed by atoms with Crippen LogP contribution in [0.2, 0.25) is 0 Å². The first kappa shape index (κ1) is 16.2. The molecule has 132 valence electrons. The van der Waals surface area contributed by atoms with Crippen molar-refractivity contribution in [2.75, 3.05) is 19.7 Å². The van der Waals surface area contributed by atoms with E-state index in [0.717, 1.165) is 5.56 Å². The predicted molar refractivity (Wildman–Crippen MR) is 94.0 cm³/mol. The molecule has 0 radical (unpaired) electrons. The zero-order chi connectivity index (χ0) is 18.1. The Kier molecular flexibility index (Phi) is 4.10. The van der Waals surface area contributed by atoms with Gasteiger partial charge in [0.25, 0.3) is 11.5 Å². The van der Waals surface area contributed by atoms with E-state index in [1.165, 1.54) is 12.3 Å². The molecule has 1 saturated heterocycles. The fourth-order valence-electron chi connectivity index (χ4n) is 3.05. The van der Waals surface area contributed by atoms with E-state index in [-0.39, 0.29) is 23.0 Å². The quantitative estimate of drug-likeness (QED) is 0.710. The molecule has 0 saturated carbocycles. The maximum absolute atomic E-state index is 12.8. The Morgan fingerprint density at radius 1 is 1.19 bits per heavy atom. The highest BCUT2D eigenvalue weighted by Crippen LogP contribution is 2.23. The molecule has 8 heteroatoms. The van der Waals surface area contributed by atoms with Gasteiger partial charge in [0.1, 0.15) is 11.8 Å². The minimum absolute atomic E-state index is 0.152. The molecule has 0 aliphatic carbocycles. The SMILES string of the molecule is O=C(c1cnc2[nH]c(=O)[nH]c(=O)c2c1)N1CCO[C@H](c2ccccc2)C1. The molecule has 26 heavy (non-hydrogen) atoms. The lowest BCUT2D eigenvalue weighted by Gasteiger charge is -2.33. The second kappa shape index (κ2) is 6.57. The Balaban J connectivity index is 1.62. The standard InChI is InChI=1S/C18H16N4O4/c23-16-13-8-12(9-19-15(13)20-18(25)21-16)17(24)22-6-7-26-14(10-22)11-4-2-1-3-5-11/h1-5,8-9,14H,6-7,10H2,(H2,19,20,21,23,25)/t14-/m0/s1. The van der Waals surface area contributed by atoms with Crippen LogP contribution in [0.1, 0.15) is 22.0 Å². The van der Waals surface area contributed by atoms with E-state index in [2.05, 4.69) is 15.0 Å². The smallest absolute Gasteiger partial charge is 0.327 e. The van der Waals surface area contributed by atoms with Crippen LogP contribution in [0.3, 0.4) is 0 Å². The monoisotopic (exact) mass is 352 g/mol. The number of amides is 1. The molecule has 1 amide bonds. The van der Waals surface area contributed by atoms with Crippen molar-refractivity contribution in [1.29, 1.82) is 0 Å². The third-order valence-electron chi connectivity index (χ3n) is 4.36. The molecule has 0 bridgehead atoms.